The van der Waals surface area contributed by atoms with Crippen molar-refractivity contribution in [3.63, 3.8) is 0 Å². The molecule has 1 heterocycles. The van der Waals surface area contributed by atoms with E-state index in [9.17, 15) is 0 Å². The molecule has 92 valence electrons. The minimum Gasteiger partial charge on any atom is -0.486 e. The second-order valence-electron chi connectivity index (χ2n) is 5.15. The van der Waals surface area contributed by atoms with Gasteiger partial charge >= 0.3 is 0 Å². The first kappa shape index (κ1) is 10.9. The zero-order valence-electron chi connectivity index (χ0n) is 10.3. The van der Waals surface area contributed by atoms with E-state index in [1.807, 2.05) is 0 Å². The molecule has 1 saturated carbocycles. The maximum atomic E-state index is 6.52. The molecule has 3 rings (SSSR count). The number of rotatable bonds is 1. The summed E-state index contributed by atoms with van der Waals surface area (Å²) in [5, 5.41) is 0. The van der Waals surface area contributed by atoms with Crippen LogP contribution in [0.3, 0.4) is 0 Å². The van der Waals surface area contributed by atoms with Crippen molar-refractivity contribution in [2.24, 2.45) is 5.73 Å². The van der Waals surface area contributed by atoms with Crippen LogP contribution in [0, 0.1) is 6.92 Å². The SMILES string of the molecule is Cc1ccc(C2(N)CCCC2)c2c1OCCO2. The smallest absolute Gasteiger partial charge is 0.166 e. The van der Waals surface area contributed by atoms with Crippen LogP contribution in [0.2, 0.25) is 0 Å². The summed E-state index contributed by atoms with van der Waals surface area (Å²) in [7, 11) is 0. The van der Waals surface area contributed by atoms with Crippen molar-refractivity contribution in [3.05, 3.63) is 23.3 Å². The molecule has 1 aliphatic heterocycles. The minimum absolute atomic E-state index is 0.210. The maximum Gasteiger partial charge on any atom is 0.166 e. The summed E-state index contributed by atoms with van der Waals surface area (Å²) in [6, 6.07) is 4.21. The summed E-state index contributed by atoms with van der Waals surface area (Å²) < 4.78 is 11.5. The van der Waals surface area contributed by atoms with Gasteiger partial charge in [-0.25, -0.2) is 0 Å². The molecule has 2 aliphatic rings. The van der Waals surface area contributed by atoms with Crippen LogP contribution in [0.1, 0.15) is 36.8 Å². The van der Waals surface area contributed by atoms with E-state index in [0.717, 1.165) is 35.5 Å². The van der Waals surface area contributed by atoms with Gasteiger partial charge in [0.2, 0.25) is 0 Å². The van der Waals surface area contributed by atoms with E-state index < -0.39 is 0 Å². The third-order valence-electron chi connectivity index (χ3n) is 3.92. The van der Waals surface area contributed by atoms with Crippen LogP contribution in [0.15, 0.2) is 12.1 Å². The predicted molar refractivity (Wildman–Crippen MR) is 66.5 cm³/mol. The molecule has 3 nitrogen and oxygen atoms in total. The van der Waals surface area contributed by atoms with Crippen LogP contribution < -0.4 is 15.2 Å². The summed E-state index contributed by atoms with van der Waals surface area (Å²) in [6.07, 6.45) is 4.51. The van der Waals surface area contributed by atoms with E-state index in [2.05, 4.69) is 19.1 Å². The van der Waals surface area contributed by atoms with Gasteiger partial charge in [-0.2, -0.15) is 0 Å². The number of hydrogen-bond acceptors (Lipinski definition) is 3. The molecule has 0 aromatic heterocycles. The molecule has 17 heavy (non-hydrogen) atoms. The highest BCUT2D eigenvalue weighted by Gasteiger charge is 2.36. The summed E-state index contributed by atoms with van der Waals surface area (Å²) in [5.74, 6) is 1.78. The molecular weight excluding hydrogens is 214 g/mol. The second-order valence-corrected chi connectivity index (χ2v) is 5.15. The summed E-state index contributed by atoms with van der Waals surface area (Å²) in [4.78, 5) is 0. The van der Waals surface area contributed by atoms with Crippen LogP contribution in [0.4, 0.5) is 0 Å². The van der Waals surface area contributed by atoms with Crippen LogP contribution >= 0.6 is 0 Å². The van der Waals surface area contributed by atoms with E-state index >= 15 is 0 Å². The molecule has 1 fully saturated rings. The quantitative estimate of drug-likeness (QED) is 0.810. The molecule has 0 spiro atoms. The van der Waals surface area contributed by atoms with Crippen molar-refractivity contribution < 1.29 is 9.47 Å². The molecule has 0 radical (unpaired) electrons. The Morgan fingerprint density at radius 2 is 1.71 bits per heavy atom. The van der Waals surface area contributed by atoms with E-state index in [1.54, 1.807) is 0 Å². The fourth-order valence-electron chi connectivity index (χ4n) is 2.94. The fraction of sp³-hybridized carbons (Fsp3) is 0.571. The Morgan fingerprint density at radius 3 is 2.41 bits per heavy atom. The molecule has 3 heteroatoms. The first-order valence-electron chi connectivity index (χ1n) is 6.39. The molecule has 0 amide bonds. The Bertz CT molecular complexity index is 436. The highest BCUT2D eigenvalue weighted by Crippen LogP contribution is 2.46. The second kappa shape index (κ2) is 3.91. The standard InChI is InChI=1S/C14H19NO2/c1-10-4-5-11(14(15)6-2-3-7-14)13-12(10)16-8-9-17-13/h4-5H,2-3,6-9,15H2,1H3. The number of nitrogens with two attached hydrogens (primary N) is 1. The van der Waals surface area contributed by atoms with Gasteiger partial charge in [0.25, 0.3) is 0 Å². The van der Waals surface area contributed by atoms with Crippen molar-refractivity contribution >= 4 is 0 Å². The summed E-state index contributed by atoms with van der Waals surface area (Å²) in [5.41, 5.74) is 8.57. The van der Waals surface area contributed by atoms with Gasteiger partial charge in [0.05, 0.1) is 0 Å². The largest absolute Gasteiger partial charge is 0.486 e. The molecule has 0 unspecified atom stereocenters. The Balaban J connectivity index is 2.11. The third-order valence-corrected chi connectivity index (χ3v) is 3.92. The van der Waals surface area contributed by atoms with E-state index in [-0.39, 0.29) is 5.54 Å². The lowest BCUT2D eigenvalue weighted by Crippen LogP contribution is -2.34. The van der Waals surface area contributed by atoms with Crippen LogP contribution in [-0.4, -0.2) is 13.2 Å². The summed E-state index contributed by atoms with van der Waals surface area (Å²) in [6.45, 7) is 3.31. The van der Waals surface area contributed by atoms with Gasteiger partial charge in [-0.1, -0.05) is 25.0 Å². The van der Waals surface area contributed by atoms with Gasteiger partial charge in [-0.3, -0.25) is 0 Å². The first-order valence-corrected chi connectivity index (χ1v) is 6.39. The highest BCUT2D eigenvalue weighted by atomic mass is 16.6. The summed E-state index contributed by atoms with van der Waals surface area (Å²) >= 11 is 0. The average Bonchev–Trinajstić information content (AvgIpc) is 2.78. The highest BCUT2D eigenvalue weighted by molar-refractivity contribution is 5.54. The van der Waals surface area contributed by atoms with Gasteiger partial charge in [-0.05, 0) is 25.3 Å². The van der Waals surface area contributed by atoms with Crippen molar-refractivity contribution in [1.82, 2.24) is 0 Å². The molecule has 1 aromatic rings. The molecule has 0 bridgehead atoms. The number of ether oxygens (including phenoxy) is 2. The van der Waals surface area contributed by atoms with E-state index in [0.29, 0.717) is 13.2 Å². The van der Waals surface area contributed by atoms with Gasteiger partial charge in [-0.15, -0.1) is 0 Å². The molecule has 0 atom stereocenters. The lowest BCUT2D eigenvalue weighted by molar-refractivity contribution is 0.165. The van der Waals surface area contributed by atoms with Gasteiger partial charge < -0.3 is 15.2 Å². The van der Waals surface area contributed by atoms with Crippen molar-refractivity contribution in [2.75, 3.05) is 13.2 Å². The first-order chi connectivity index (χ1) is 8.21. The number of hydrogen-bond donors (Lipinski definition) is 1. The molecular formula is C14H19NO2. The predicted octanol–water partition coefficient (Wildman–Crippen LogP) is 2.49. The van der Waals surface area contributed by atoms with Crippen molar-refractivity contribution in [1.29, 1.82) is 0 Å². The maximum absolute atomic E-state index is 6.52. The van der Waals surface area contributed by atoms with E-state index in [4.69, 9.17) is 15.2 Å². The van der Waals surface area contributed by atoms with Crippen molar-refractivity contribution in [3.8, 4) is 11.5 Å². The zero-order valence-corrected chi connectivity index (χ0v) is 10.3. The monoisotopic (exact) mass is 233 g/mol. The molecule has 0 saturated heterocycles. The van der Waals surface area contributed by atoms with Gasteiger partial charge in [0, 0.05) is 11.1 Å². The molecule has 1 aromatic carbocycles. The van der Waals surface area contributed by atoms with Crippen molar-refractivity contribution in [2.45, 2.75) is 38.1 Å². The van der Waals surface area contributed by atoms with Crippen LogP contribution in [0.5, 0.6) is 11.5 Å². The topological polar surface area (TPSA) is 44.5 Å². The Morgan fingerprint density at radius 1 is 1.06 bits per heavy atom. The van der Waals surface area contributed by atoms with E-state index in [1.165, 1.54) is 12.8 Å². The number of fused-ring (bicyclic) bond motifs is 1. The molecule has 2 N–H and O–H groups in total. The van der Waals surface area contributed by atoms with Gasteiger partial charge in [0.1, 0.15) is 13.2 Å². The zero-order chi connectivity index (χ0) is 11.9. The van der Waals surface area contributed by atoms with Gasteiger partial charge in [0.15, 0.2) is 11.5 Å². The average molecular weight is 233 g/mol. The number of aryl methyl sites for hydroxylation is 1. The Hall–Kier alpha value is -1.22. The number of benzene rings is 1. The third kappa shape index (κ3) is 1.69. The lowest BCUT2D eigenvalue weighted by Gasteiger charge is -2.30. The fourth-order valence-corrected chi connectivity index (χ4v) is 2.94. The Labute approximate surface area is 102 Å². The normalized spacial score (nSPS) is 21.5. The van der Waals surface area contributed by atoms with Crippen LogP contribution in [-0.2, 0) is 5.54 Å². The van der Waals surface area contributed by atoms with Crippen LogP contribution in [0.25, 0.3) is 0 Å². The molecule has 1 aliphatic carbocycles. The minimum atomic E-state index is -0.210. The Kier molecular flexibility index (Phi) is 2.51. The lowest BCUT2D eigenvalue weighted by atomic mass is 9.87.